The topological polar surface area (TPSA) is 74.4 Å². The number of halogens is 1. The van der Waals surface area contributed by atoms with Crippen molar-refractivity contribution in [2.24, 2.45) is 5.73 Å². The fourth-order valence-electron chi connectivity index (χ4n) is 1.12. The van der Waals surface area contributed by atoms with Gasteiger partial charge in [-0.25, -0.2) is 14.2 Å². The average Bonchev–Trinajstić information content (AvgIpc) is 2.34. The van der Waals surface area contributed by atoms with Crippen molar-refractivity contribution in [1.29, 1.82) is 0 Å². The van der Waals surface area contributed by atoms with Crippen LogP contribution in [0.15, 0.2) is 18.3 Å². The highest BCUT2D eigenvalue weighted by molar-refractivity contribution is 5.87. The van der Waals surface area contributed by atoms with Gasteiger partial charge >= 0.3 is 5.97 Å². The first-order valence-electron chi connectivity index (χ1n) is 5.31. The second kappa shape index (κ2) is 7.70. The molecule has 5 nitrogen and oxygen atoms in total. The van der Waals surface area contributed by atoms with E-state index in [0.29, 0.717) is 26.2 Å². The molecule has 0 aliphatic heterocycles. The average molecular weight is 242 g/mol. The van der Waals surface area contributed by atoms with E-state index in [0.717, 1.165) is 6.07 Å². The third kappa shape index (κ3) is 4.88. The van der Waals surface area contributed by atoms with Crippen LogP contribution in [0, 0.1) is 5.82 Å². The Kier molecular flexibility index (Phi) is 6.13. The summed E-state index contributed by atoms with van der Waals surface area (Å²) < 4.78 is 23.0. The molecule has 1 heterocycles. The fourth-order valence-corrected chi connectivity index (χ4v) is 1.12. The molecule has 0 saturated heterocycles. The van der Waals surface area contributed by atoms with E-state index in [1.165, 1.54) is 12.3 Å². The molecule has 0 atom stereocenters. The van der Waals surface area contributed by atoms with Crippen molar-refractivity contribution in [1.82, 2.24) is 4.98 Å². The van der Waals surface area contributed by atoms with Gasteiger partial charge in [0.2, 0.25) is 0 Å². The van der Waals surface area contributed by atoms with Gasteiger partial charge in [-0.15, -0.1) is 0 Å². The van der Waals surface area contributed by atoms with Crippen LogP contribution >= 0.6 is 0 Å². The Labute approximate surface area is 98.7 Å². The number of rotatable bonds is 7. The molecule has 1 aromatic heterocycles. The summed E-state index contributed by atoms with van der Waals surface area (Å²) in [6.45, 7) is 1.55. The summed E-state index contributed by atoms with van der Waals surface area (Å²) >= 11 is 0. The summed E-state index contributed by atoms with van der Waals surface area (Å²) in [5.41, 5.74) is 4.93. The van der Waals surface area contributed by atoms with Gasteiger partial charge in [-0.1, -0.05) is 0 Å². The Morgan fingerprint density at radius 2 is 2.24 bits per heavy atom. The Hall–Kier alpha value is -1.53. The lowest BCUT2D eigenvalue weighted by Crippen LogP contribution is -2.13. The van der Waals surface area contributed by atoms with Gasteiger partial charge in [-0.3, -0.25) is 0 Å². The molecule has 0 aromatic carbocycles. The third-order valence-electron chi connectivity index (χ3n) is 1.88. The summed E-state index contributed by atoms with van der Waals surface area (Å²) in [6.07, 6.45) is 1.88. The number of aromatic nitrogens is 1. The Morgan fingerprint density at radius 3 is 2.94 bits per heavy atom. The Morgan fingerprint density at radius 1 is 1.41 bits per heavy atom. The SMILES string of the molecule is NCCOCCCOC(=O)c1ncccc1F. The number of carbonyl (C=O) groups is 1. The van der Waals surface area contributed by atoms with Crippen LogP contribution in [-0.2, 0) is 9.47 Å². The molecule has 0 aliphatic carbocycles. The summed E-state index contributed by atoms with van der Waals surface area (Å²) in [5.74, 6) is -1.45. The second-order valence-electron chi connectivity index (χ2n) is 3.22. The molecule has 1 aromatic rings. The molecule has 0 radical (unpaired) electrons. The summed E-state index contributed by atoms with van der Waals surface area (Å²) in [4.78, 5) is 15.0. The molecule has 0 spiro atoms. The zero-order chi connectivity index (χ0) is 12.5. The van der Waals surface area contributed by atoms with Crippen molar-refractivity contribution in [3.8, 4) is 0 Å². The zero-order valence-corrected chi connectivity index (χ0v) is 9.39. The molecule has 0 bridgehead atoms. The minimum absolute atomic E-state index is 0.166. The number of nitrogens with two attached hydrogens (primary N) is 1. The molecule has 1 rings (SSSR count). The second-order valence-corrected chi connectivity index (χ2v) is 3.22. The first-order chi connectivity index (χ1) is 8.25. The number of hydrogen-bond acceptors (Lipinski definition) is 5. The third-order valence-corrected chi connectivity index (χ3v) is 1.88. The highest BCUT2D eigenvalue weighted by atomic mass is 19.1. The van der Waals surface area contributed by atoms with Crippen LogP contribution in [0.3, 0.4) is 0 Å². The van der Waals surface area contributed by atoms with Crippen molar-refractivity contribution in [3.05, 3.63) is 29.8 Å². The van der Waals surface area contributed by atoms with E-state index in [1.807, 2.05) is 0 Å². The van der Waals surface area contributed by atoms with E-state index >= 15 is 0 Å². The normalized spacial score (nSPS) is 10.2. The van der Waals surface area contributed by atoms with Gasteiger partial charge in [0.1, 0.15) is 0 Å². The lowest BCUT2D eigenvalue weighted by molar-refractivity contribution is 0.0437. The fraction of sp³-hybridized carbons (Fsp3) is 0.455. The molecule has 6 heteroatoms. The molecule has 0 saturated carbocycles. The predicted octanol–water partition coefficient (Wildman–Crippen LogP) is 0.743. The van der Waals surface area contributed by atoms with E-state index in [9.17, 15) is 9.18 Å². The van der Waals surface area contributed by atoms with Gasteiger partial charge in [0.05, 0.1) is 13.2 Å². The van der Waals surface area contributed by atoms with E-state index in [2.05, 4.69) is 4.98 Å². The van der Waals surface area contributed by atoms with Gasteiger partial charge in [0, 0.05) is 25.8 Å². The number of ether oxygens (including phenoxy) is 2. The van der Waals surface area contributed by atoms with Crippen molar-refractivity contribution in [3.63, 3.8) is 0 Å². The quantitative estimate of drug-likeness (QED) is 0.564. The van der Waals surface area contributed by atoms with E-state index in [-0.39, 0.29) is 12.3 Å². The smallest absolute Gasteiger partial charge is 0.360 e. The molecule has 2 N–H and O–H groups in total. The van der Waals surface area contributed by atoms with Gasteiger partial charge in [0.15, 0.2) is 11.5 Å². The van der Waals surface area contributed by atoms with Gasteiger partial charge in [-0.2, -0.15) is 0 Å². The van der Waals surface area contributed by atoms with E-state index < -0.39 is 11.8 Å². The molecule has 94 valence electrons. The monoisotopic (exact) mass is 242 g/mol. The lowest BCUT2D eigenvalue weighted by Gasteiger charge is -2.05. The minimum atomic E-state index is -0.762. The van der Waals surface area contributed by atoms with Gasteiger partial charge in [-0.05, 0) is 12.1 Å². The summed E-state index contributed by atoms with van der Waals surface area (Å²) in [6, 6.07) is 2.57. The van der Waals surface area contributed by atoms with Crippen LogP contribution in [-0.4, -0.2) is 37.3 Å². The standard InChI is InChI=1S/C11H15FN2O3/c12-9-3-1-5-14-10(9)11(15)17-7-2-6-16-8-4-13/h1,3,5H,2,4,6-8,13H2. The van der Waals surface area contributed by atoms with Crippen molar-refractivity contribution >= 4 is 5.97 Å². The summed E-state index contributed by atoms with van der Waals surface area (Å²) in [7, 11) is 0. The highest BCUT2D eigenvalue weighted by Crippen LogP contribution is 2.04. The Bertz CT molecular complexity index is 360. The zero-order valence-electron chi connectivity index (χ0n) is 9.39. The van der Waals surface area contributed by atoms with E-state index in [1.54, 1.807) is 0 Å². The van der Waals surface area contributed by atoms with Crippen LogP contribution in [0.4, 0.5) is 4.39 Å². The van der Waals surface area contributed by atoms with Crippen LogP contribution in [0.5, 0.6) is 0 Å². The maximum Gasteiger partial charge on any atom is 0.360 e. The molecular weight excluding hydrogens is 227 g/mol. The number of esters is 1. The maximum atomic E-state index is 13.1. The number of pyridine rings is 1. The predicted molar refractivity (Wildman–Crippen MR) is 59.0 cm³/mol. The number of carbonyl (C=O) groups excluding carboxylic acids is 1. The summed E-state index contributed by atoms with van der Waals surface area (Å²) in [5, 5.41) is 0. The Balaban J connectivity index is 2.24. The molecule has 0 fully saturated rings. The van der Waals surface area contributed by atoms with Gasteiger partial charge < -0.3 is 15.2 Å². The first kappa shape index (κ1) is 13.5. The van der Waals surface area contributed by atoms with Crippen molar-refractivity contribution in [2.45, 2.75) is 6.42 Å². The van der Waals surface area contributed by atoms with Gasteiger partial charge in [0.25, 0.3) is 0 Å². The first-order valence-corrected chi connectivity index (χ1v) is 5.31. The molecule has 0 amide bonds. The van der Waals surface area contributed by atoms with Crippen molar-refractivity contribution < 1.29 is 18.7 Å². The van der Waals surface area contributed by atoms with Crippen LogP contribution in [0.1, 0.15) is 16.9 Å². The van der Waals surface area contributed by atoms with E-state index in [4.69, 9.17) is 15.2 Å². The molecule has 0 aliphatic rings. The maximum absolute atomic E-state index is 13.1. The number of nitrogens with zero attached hydrogens (tertiary/aromatic N) is 1. The number of hydrogen-bond donors (Lipinski definition) is 1. The van der Waals surface area contributed by atoms with Crippen LogP contribution < -0.4 is 5.73 Å². The van der Waals surface area contributed by atoms with Crippen LogP contribution in [0.25, 0.3) is 0 Å². The highest BCUT2D eigenvalue weighted by Gasteiger charge is 2.13. The molecule has 0 unspecified atom stereocenters. The lowest BCUT2D eigenvalue weighted by atomic mass is 10.3. The van der Waals surface area contributed by atoms with Crippen molar-refractivity contribution in [2.75, 3.05) is 26.4 Å². The minimum Gasteiger partial charge on any atom is -0.461 e. The molecule has 17 heavy (non-hydrogen) atoms. The van der Waals surface area contributed by atoms with Crippen LogP contribution in [0.2, 0.25) is 0 Å². The largest absolute Gasteiger partial charge is 0.461 e. The molecular formula is C11H15FN2O3.